The lowest BCUT2D eigenvalue weighted by molar-refractivity contribution is -0.384. The van der Waals surface area contributed by atoms with Gasteiger partial charge >= 0.3 is 5.69 Å². The molecule has 0 fully saturated rings. The van der Waals surface area contributed by atoms with Gasteiger partial charge < -0.3 is 5.73 Å². The summed E-state index contributed by atoms with van der Waals surface area (Å²) >= 11 is 0. The van der Waals surface area contributed by atoms with Crippen LogP contribution < -0.4 is 5.73 Å². The Morgan fingerprint density at radius 2 is 2.00 bits per heavy atom. The number of nitrogens with zero attached hydrogens (tertiary/aromatic N) is 3. The van der Waals surface area contributed by atoms with Crippen molar-refractivity contribution in [1.82, 2.24) is 9.78 Å². The number of alkyl halides is 2. The molecule has 2 rings (SSSR count). The maximum atomic E-state index is 12.4. The summed E-state index contributed by atoms with van der Waals surface area (Å²) in [5.74, 6) is -0.0505. The molecule has 2 aromatic rings. The first-order valence-corrected chi connectivity index (χ1v) is 5.74. The van der Waals surface area contributed by atoms with Crippen LogP contribution in [0.3, 0.4) is 0 Å². The van der Waals surface area contributed by atoms with Crippen LogP contribution >= 0.6 is 0 Å². The van der Waals surface area contributed by atoms with Crippen LogP contribution in [0.15, 0.2) is 24.3 Å². The van der Waals surface area contributed by atoms with Crippen LogP contribution in [-0.2, 0) is 6.54 Å². The largest absolute Gasteiger partial charge is 0.378 e. The molecule has 1 heterocycles. The molecule has 0 spiro atoms. The van der Waals surface area contributed by atoms with Crippen LogP contribution in [0.2, 0.25) is 0 Å². The van der Waals surface area contributed by atoms with E-state index in [-0.39, 0.29) is 29.3 Å². The van der Waals surface area contributed by atoms with Crippen molar-refractivity contribution in [3.05, 3.63) is 51.2 Å². The molecule has 8 heteroatoms. The van der Waals surface area contributed by atoms with Crippen molar-refractivity contribution in [1.29, 1.82) is 0 Å². The summed E-state index contributed by atoms with van der Waals surface area (Å²) in [4.78, 5) is 10.2. The van der Waals surface area contributed by atoms with Gasteiger partial charge in [0.15, 0.2) is 0 Å². The van der Waals surface area contributed by atoms with E-state index in [1.165, 1.54) is 35.9 Å². The number of nitrogens with two attached hydrogens (primary N) is 1. The third-order valence-electron chi connectivity index (χ3n) is 2.88. The number of hydrogen-bond donors (Lipinski definition) is 1. The van der Waals surface area contributed by atoms with E-state index in [2.05, 4.69) is 5.10 Å². The SMILES string of the molecule is Cc1nn(Cc2ccc(C(F)F)cc2)c(N)c1[N+](=O)[O-]. The normalized spacial score (nSPS) is 11.0. The number of nitro groups is 1. The highest BCUT2D eigenvalue weighted by atomic mass is 19.3. The van der Waals surface area contributed by atoms with Crippen LogP contribution in [0.5, 0.6) is 0 Å². The number of benzene rings is 1. The minimum atomic E-state index is -2.53. The second kappa shape index (κ2) is 5.24. The number of anilines is 1. The molecule has 1 aromatic heterocycles. The summed E-state index contributed by atoms with van der Waals surface area (Å²) in [7, 11) is 0. The molecule has 6 nitrogen and oxygen atoms in total. The Hall–Kier alpha value is -2.51. The maximum Gasteiger partial charge on any atom is 0.333 e. The Morgan fingerprint density at radius 1 is 1.40 bits per heavy atom. The molecule has 1 aromatic carbocycles. The van der Waals surface area contributed by atoms with E-state index in [0.29, 0.717) is 5.56 Å². The molecule has 0 radical (unpaired) electrons. The van der Waals surface area contributed by atoms with Crippen LogP contribution in [0.1, 0.15) is 23.2 Å². The molecule has 0 aliphatic carbocycles. The van der Waals surface area contributed by atoms with Gasteiger partial charge in [-0.25, -0.2) is 13.5 Å². The summed E-state index contributed by atoms with van der Waals surface area (Å²) in [6.45, 7) is 1.68. The summed E-state index contributed by atoms with van der Waals surface area (Å²) in [5, 5.41) is 14.8. The second-order valence-corrected chi connectivity index (χ2v) is 4.28. The maximum absolute atomic E-state index is 12.4. The summed E-state index contributed by atoms with van der Waals surface area (Å²) in [6, 6.07) is 5.65. The molecule has 0 saturated carbocycles. The molecule has 20 heavy (non-hydrogen) atoms. The fourth-order valence-electron chi connectivity index (χ4n) is 1.88. The predicted molar refractivity (Wildman–Crippen MR) is 68.5 cm³/mol. The van der Waals surface area contributed by atoms with E-state index in [9.17, 15) is 18.9 Å². The van der Waals surface area contributed by atoms with E-state index in [0.717, 1.165) is 0 Å². The highest BCUT2D eigenvalue weighted by Gasteiger charge is 2.22. The zero-order valence-corrected chi connectivity index (χ0v) is 10.6. The van der Waals surface area contributed by atoms with Crippen molar-refractivity contribution in [2.45, 2.75) is 19.9 Å². The number of nitrogen functional groups attached to an aromatic ring is 1. The zero-order valence-electron chi connectivity index (χ0n) is 10.6. The quantitative estimate of drug-likeness (QED) is 0.689. The van der Waals surface area contributed by atoms with Gasteiger partial charge in [-0.3, -0.25) is 10.1 Å². The molecule has 0 atom stereocenters. The molecular formula is C12H12F2N4O2. The smallest absolute Gasteiger partial charge is 0.333 e. The van der Waals surface area contributed by atoms with Crippen LogP contribution in [0.25, 0.3) is 0 Å². The lowest BCUT2D eigenvalue weighted by atomic mass is 10.1. The number of aromatic nitrogens is 2. The summed E-state index contributed by atoms with van der Waals surface area (Å²) in [5.41, 5.74) is 6.26. The van der Waals surface area contributed by atoms with Crippen molar-refractivity contribution in [3.63, 3.8) is 0 Å². The first-order valence-electron chi connectivity index (χ1n) is 5.74. The average Bonchev–Trinajstić information content (AvgIpc) is 2.65. The molecule has 0 saturated heterocycles. The van der Waals surface area contributed by atoms with Crippen molar-refractivity contribution >= 4 is 11.5 Å². The minimum Gasteiger partial charge on any atom is -0.378 e. The first-order chi connectivity index (χ1) is 9.40. The third-order valence-corrected chi connectivity index (χ3v) is 2.88. The summed E-state index contributed by atoms with van der Waals surface area (Å²) < 4.78 is 26.1. The van der Waals surface area contributed by atoms with Gasteiger partial charge in [-0.05, 0) is 12.5 Å². The average molecular weight is 282 g/mol. The Balaban J connectivity index is 2.26. The fourth-order valence-corrected chi connectivity index (χ4v) is 1.88. The van der Waals surface area contributed by atoms with E-state index in [4.69, 9.17) is 5.73 Å². The van der Waals surface area contributed by atoms with Crippen molar-refractivity contribution in [2.75, 3.05) is 5.73 Å². The molecule has 0 amide bonds. The standard InChI is InChI=1S/C12H12F2N4O2/c1-7-10(18(19)20)12(15)17(16-7)6-8-2-4-9(5-3-8)11(13)14/h2-5,11H,6,15H2,1H3. The van der Waals surface area contributed by atoms with Gasteiger partial charge in [-0.1, -0.05) is 24.3 Å². The van der Waals surface area contributed by atoms with E-state index >= 15 is 0 Å². The Kier molecular flexibility index (Phi) is 3.64. The minimum absolute atomic E-state index is 0.0505. The lowest BCUT2D eigenvalue weighted by Gasteiger charge is -2.05. The van der Waals surface area contributed by atoms with Gasteiger partial charge in [0.2, 0.25) is 5.82 Å². The van der Waals surface area contributed by atoms with Crippen molar-refractivity contribution < 1.29 is 13.7 Å². The Bertz CT molecular complexity index is 638. The Labute approximate surface area is 113 Å². The van der Waals surface area contributed by atoms with Crippen molar-refractivity contribution in [2.24, 2.45) is 0 Å². The van der Waals surface area contributed by atoms with Gasteiger partial charge in [0, 0.05) is 5.56 Å². The Morgan fingerprint density at radius 3 is 2.45 bits per heavy atom. The fraction of sp³-hybridized carbons (Fsp3) is 0.250. The number of rotatable bonds is 4. The first kappa shape index (κ1) is 13.9. The molecule has 0 aliphatic rings. The second-order valence-electron chi connectivity index (χ2n) is 4.28. The van der Waals surface area contributed by atoms with E-state index in [1.54, 1.807) is 0 Å². The van der Waals surface area contributed by atoms with Crippen molar-refractivity contribution in [3.8, 4) is 0 Å². The molecule has 0 bridgehead atoms. The number of hydrogen-bond acceptors (Lipinski definition) is 4. The molecule has 106 valence electrons. The van der Waals surface area contributed by atoms with Gasteiger partial charge in [0.05, 0.1) is 11.5 Å². The molecule has 0 unspecified atom stereocenters. The van der Waals surface area contributed by atoms with E-state index in [1.807, 2.05) is 0 Å². The zero-order chi connectivity index (χ0) is 14.9. The summed E-state index contributed by atoms with van der Waals surface area (Å²) in [6.07, 6.45) is -2.53. The monoisotopic (exact) mass is 282 g/mol. The lowest BCUT2D eigenvalue weighted by Crippen LogP contribution is -2.06. The van der Waals surface area contributed by atoms with Gasteiger partial charge in [0.1, 0.15) is 5.69 Å². The van der Waals surface area contributed by atoms with Crippen LogP contribution in [0, 0.1) is 17.0 Å². The topological polar surface area (TPSA) is 87.0 Å². The third kappa shape index (κ3) is 2.58. The highest BCUT2D eigenvalue weighted by molar-refractivity contribution is 5.56. The molecule has 0 aliphatic heterocycles. The van der Waals surface area contributed by atoms with Gasteiger partial charge in [-0.2, -0.15) is 5.10 Å². The van der Waals surface area contributed by atoms with Crippen LogP contribution in [0.4, 0.5) is 20.3 Å². The van der Waals surface area contributed by atoms with E-state index < -0.39 is 11.3 Å². The predicted octanol–water partition coefficient (Wildman–Crippen LogP) is 2.67. The highest BCUT2D eigenvalue weighted by Crippen LogP contribution is 2.26. The van der Waals surface area contributed by atoms with Gasteiger partial charge in [0.25, 0.3) is 6.43 Å². The molecule has 2 N–H and O–H groups in total. The van der Waals surface area contributed by atoms with Gasteiger partial charge in [-0.15, -0.1) is 0 Å². The number of halogens is 2. The van der Waals surface area contributed by atoms with Crippen LogP contribution in [-0.4, -0.2) is 14.7 Å². The molecular weight excluding hydrogens is 270 g/mol. The number of aryl methyl sites for hydroxylation is 1.